The Morgan fingerprint density at radius 2 is 2.18 bits per heavy atom. The third kappa shape index (κ3) is 1.70. The van der Waals surface area contributed by atoms with Gasteiger partial charge in [-0.05, 0) is 6.92 Å². The third-order valence-corrected chi connectivity index (χ3v) is 1.89. The number of hydrogen-bond donors (Lipinski definition) is 0. The van der Waals surface area contributed by atoms with Crippen LogP contribution in [0.4, 0.5) is 0 Å². The van der Waals surface area contributed by atoms with Gasteiger partial charge in [-0.1, -0.05) is 24.3 Å². The molecule has 0 aromatic heterocycles. The van der Waals surface area contributed by atoms with Crippen LogP contribution in [0.5, 0.6) is 0 Å². The topological polar surface area (TPSA) is 25.1 Å². The standard InChI is InChI=1S/C9H12O2/c1-2-3-4-5-7-9(11-7)8-6-10-8/h2-5,7-9H,6H2,1H3. The van der Waals surface area contributed by atoms with Gasteiger partial charge in [0.1, 0.15) is 18.3 Å². The van der Waals surface area contributed by atoms with Crippen molar-refractivity contribution >= 4 is 0 Å². The summed E-state index contributed by atoms with van der Waals surface area (Å²) < 4.78 is 10.4. The zero-order chi connectivity index (χ0) is 7.68. The van der Waals surface area contributed by atoms with Gasteiger partial charge in [-0.2, -0.15) is 0 Å². The van der Waals surface area contributed by atoms with Gasteiger partial charge in [-0.25, -0.2) is 0 Å². The number of allylic oxidation sites excluding steroid dienone is 3. The van der Waals surface area contributed by atoms with E-state index < -0.39 is 0 Å². The Kier molecular flexibility index (Phi) is 1.80. The second-order valence-corrected chi connectivity index (χ2v) is 2.85. The Labute approximate surface area is 66.5 Å². The second kappa shape index (κ2) is 2.80. The zero-order valence-corrected chi connectivity index (χ0v) is 6.57. The molecule has 0 radical (unpaired) electrons. The summed E-state index contributed by atoms with van der Waals surface area (Å²) in [6, 6.07) is 0. The van der Waals surface area contributed by atoms with Crippen LogP contribution in [0.25, 0.3) is 0 Å². The van der Waals surface area contributed by atoms with Crippen LogP contribution in [0.1, 0.15) is 6.92 Å². The molecule has 0 saturated carbocycles. The fourth-order valence-electron chi connectivity index (χ4n) is 1.12. The second-order valence-electron chi connectivity index (χ2n) is 2.85. The summed E-state index contributed by atoms with van der Waals surface area (Å²) in [6.07, 6.45) is 9.18. The van der Waals surface area contributed by atoms with Crippen LogP contribution in [0.3, 0.4) is 0 Å². The van der Waals surface area contributed by atoms with E-state index in [1.807, 2.05) is 25.2 Å². The fraction of sp³-hybridized carbons (Fsp3) is 0.556. The molecule has 0 aliphatic carbocycles. The van der Waals surface area contributed by atoms with Gasteiger partial charge in [0, 0.05) is 0 Å². The van der Waals surface area contributed by atoms with Gasteiger partial charge in [0.2, 0.25) is 0 Å². The smallest absolute Gasteiger partial charge is 0.117 e. The highest BCUT2D eigenvalue weighted by Gasteiger charge is 2.49. The molecule has 2 nitrogen and oxygen atoms in total. The summed E-state index contributed by atoms with van der Waals surface area (Å²) in [7, 11) is 0. The lowest BCUT2D eigenvalue weighted by Crippen LogP contribution is -1.98. The van der Waals surface area contributed by atoms with Crippen LogP contribution >= 0.6 is 0 Å². The molecule has 0 N–H and O–H groups in total. The molecule has 2 heterocycles. The van der Waals surface area contributed by atoms with Gasteiger partial charge in [-0.3, -0.25) is 0 Å². The largest absolute Gasteiger partial charge is 0.370 e. The van der Waals surface area contributed by atoms with Crippen molar-refractivity contribution in [3.63, 3.8) is 0 Å². The minimum atomic E-state index is 0.318. The molecular weight excluding hydrogens is 140 g/mol. The Morgan fingerprint density at radius 1 is 1.36 bits per heavy atom. The van der Waals surface area contributed by atoms with E-state index in [9.17, 15) is 0 Å². The van der Waals surface area contributed by atoms with E-state index in [0.29, 0.717) is 18.3 Å². The van der Waals surface area contributed by atoms with Gasteiger partial charge in [0.05, 0.1) is 6.61 Å². The molecule has 11 heavy (non-hydrogen) atoms. The molecule has 60 valence electrons. The molecular formula is C9H12O2. The normalized spacial score (nSPS) is 42.1. The average molecular weight is 152 g/mol. The highest BCUT2D eigenvalue weighted by Crippen LogP contribution is 2.34. The molecule has 0 bridgehead atoms. The predicted molar refractivity (Wildman–Crippen MR) is 42.4 cm³/mol. The first kappa shape index (κ1) is 7.07. The van der Waals surface area contributed by atoms with Crippen molar-refractivity contribution in [1.29, 1.82) is 0 Å². The van der Waals surface area contributed by atoms with Crippen molar-refractivity contribution in [2.24, 2.45) is 0 Å². The van der Waals surface area contributed by atoms with Crippen molar-refractivity contribution in [1.82, 2.24) is 0 Å². The summed E-state index contributed by atoms with van der Waals surface area (Å²) in [5, 5.41) is 0. The first-order valence-corrected chi connectivity index (χ1v) is 3.98. The van der Waals surface area contributed by atoms with Crippen molar-refractivity contribution in [3.05, 3.63) is 24.3 Å². The molecule has 2 heteroatoms. The molecule has 2 aliphatic rings. The molecule has 2 aliphatic heterocycles. The van der Waals surface area contributed by atoms with E-state index in [4.69, 9.17) is 9.47 Å². The van der Waals surface area contributed by atoms with E-state index >= 15 is 0 Å². The molecule has 2 fully saturated rings. The number of rotatable bonds is 3. The van der Waals surface area contributed by atoms with Crippen molar-refractivity contribution in [2.75, 3.05) is 6.61 Å². The number of hydrogen-bond acceptors (Lipinski definition) is 2. The maximum absolute atomic E-state index is 5.34. The van der Waals surface area contributed by atoms with Crippen molar-refractivity contribution < 1.29 is 9.47 Å². The molecule has 0 aromatic rings. The lowest BCUT2D eigenvalue weighted by Gasteiger charge is -1.77. The first-order chi connectivity index (χ1) is 5.42. The highest BCUT2D eigenvalue weighted by atomic mass is 16.7. The quantitative estimate of drug-likeness (QED) is 0.449. The Bertz CT molecular complexity index is 192. The zero-order valence-electron chi connectivity index (χ0n) is 6.57. The Hall–Kier alpha value is -0.600. The number of epoxide rings is 2. The van der Waals surface area contributed by atoms with Gasteiger partial charge in [-0.15, -0.1) is 0 Å². The van der Waals surface area contributed by atoms with E-state index in [1.165, 1.54) is 0 Å². The van der Waals surface area contributed by atoms with Gasteiger partial charge >= 0.3 is 0 Å². The lowest BCUT2D eigenvalue weighted by atomic mass is 10.2. The van der Waals surface area contributed by atoms with Crippen LogP contribution in [0, 0.1) is 0 Å². The van der Waals surface area contributed by atoms with Crippen molar-refractivity contribution in [2.45, 2.75) is 25.2 Å². The molecule has 2 saturated heterocycles. The molecule has 3 atom stereocenters. The minimum Gasteiger partial charge on any atom is -0.370 e. The maximum atomic E-state index is 5.34. The monoisotopic (exact) mass is 152 g/mol. The van der Waals surface area contributed by atoms with E-state index in [1.54, 1.807) is 0 Å². The minimum absolute atomic E-state index is 0.318. The first-order valence-electron chi connectivity index (χ1n) is 3.98. The highest BCUT2D eigenvalue weighted by molar-refractivity contribution is 5.12. The van der Waals surface area contributed by atoms with Crippen LogP contribution in [-0.4, -0.2) is 24.9 Å². The van der Waals surface area contributed by atoms with E-state index in [2.05, 4.69) is 6.08 Å². The van der Waals surface area contributed by atoms with E-state index in [0.717, 1.165) is 6.61 Å². The van der Waals surface area contributed by atoms with E-state index in [-0.39, 0.29) is 0 Å². The van der Waals surface area contributed by atoms with Gasteiger partial charge < -0.3 is 9.47 Å². The van der Waals surface area contributed by atoms with Crippen LogP contribution < -0.4 is 0 Å². The number of ether oxygens (including phenoxy) is 2. The van der Waals surface area contributed by atoms with Crippen LogP contribution in [0.15, 0.2) is 24.3 Å². The van der Waals surface area contributed by atoms with Crippen molar-refractivity contribution in [3.8, 4) is 0 Å². The summed E-state index contributed by atoms with van der Waals surface area (Å²) in [5.41, 5.74) is 0. The van der Waals surface area contributed by atoms with Crippen LogP contribution in [-0.2, 0) is 9.47 Å². The molecule has 2 rings (SSSR count). The molecule has 0 aromatic carbocycles. The lowest BCUT2D eigenvalue weighted by molar-refractivity contribution is 0.320. The molecule has 3 unspecified atom stereocenters. The maximum Gasteiger partial charge on any atom is 0.117 e. The predicted octanol–water partition coefficient (Wildman–Crippen LogP) is 1.28. The summed E-state index contributed by atoms with van der Waals surface area (Å²) in [6.45, 7) is 2.89. The van der Waals surface area contributed by atoms with Gasteiger partial charge in [0.25, 0.3) is 0 Å². The Balaban J connectivity index is 1.73. The SMILES string of the molecule is CC=CC=CC1OC1C1CO1. The molecule has 0 amide bonds. The van der Waals surface area contributed by atoms with Crippen LogP contribution in [0.2, 0.25) is 0 Å². The molecule has 0 spiro atoms. The third-order valence-electron chi connectivity index (χ3n) is 1.89. The average Bonchev–Trinajstić information content (AvgIpc) is 2.83. The Morgan fingerprint density at radius 3 is 2.82 bits per heavy atom. The summed E-state index contributed by atoms with van der Waals surface area (Å²) in [5.74, 6) is 0. The summed E-state index contributed by atoms with van der Waals surface area (Å²) >= 11 is 0. The fourth-order valence-corrected chi connectivity index (χ4v) is 1.12. The summed E-state index contributed by atoms with van der Waals surface area (Å²) in [4.78, 5) is 0. The van der Waals surface area contributed by atoms with Gasteiger partial charge in [0.15, 0.2) is 0 Å².